The van der Waals surface area contributed by atoms with E-state index >= 15 is 0 Å². The summed E-state index contributed by atoms with van der Waals surface area (Å²) in [5.41, 5.74) is 2.68. The molecule has 0 bridgehead atoms. The summed E-state index contributed by atoms with van der Waals surface area (Å²) >= 11 is 0. The van der Waals surface area contributed by atoms with E-state index < -0.39 is 0 Å². The molecule has 1 aromatic carbocycles. The van der Waals surface area contributed by atoms with Gasteiger partial charge in [-0.1, -0.05) is 51.0 Å². The molecular formula is C19H31NO. The number of hydrogen-bond acceptors (Lipinski definition) is 2. The molecule has 0 aromatic heterocycles. The van der Waals surface area contributed by atoms with Crippen molar-refractivity contribution >= 4 is 0 Å². The van der Waals surface area contributed by atoms with Crippen LogP contribution in [0.5, 0.6) is 0 Å². The topological polar surface area (TPSA) is 21.3 Å². The molecule has 1 saturated carbocycles. The molecule has 3 unspecified atom stereocenters. The Hall–Kier alpha value is -0.860. The standard InChI is InChI=1S/C19H31NO/c1-4-12-20-14-19(18-11-6-5-9-16(18)3)21-17-10-7-8-15(2)13-17/h5-6,9,11,15,17,19-20H,4,7-8,10,12-14H2,1-3H3. The summed E-state index contributed by atoms with van der Waals surface area (Å²) in [5.74, 6) is 0.810. The monoisotopic (exact) mass is 289 g/mol. The van der Waals surface area contributed by atoms with Crippen LogP contribution in [0.1, 0.15) is 63.2 Å². The summed E-state index contributed by atoms with van der Waals surface area (Å²) < 4.78 is 6.51. The van der Waals surface area contributed by atoms with E-state index in [2.05, 4.69) is 50.4 Å². The van der Waals surface area contributed by atoms with Gasteiger partial charge in [0.25, 0.3) is 0 Å². The Morgan fingerprint density at radius 2 is 2.10 bits per heavy atom. The first-order chi connectivity index (χ1) is 10.2. The Morgan fingerprint density at radius 1 is 1.29 bits per heavy atom. The first-order valence-electron chi connectivity index (χ1n) is 8.62. The van der Waals surface area contributed by atoms with Crippen LogP contribution in [0.15, 0.2) is 24.3 Å². The summed E-state index contributed by atoms with van der Waals surface area (Å²) in [6, 6.07) is 8.65. The predicted molar refractivity (Wildman–Crippen MR) is 89.6 cm³/mol. The highest BCUT2D eigenvalue weighted by Crippen LogP contribution is 2.30. The van der Waals surface area contributed by atoms with E-state index in [1.807, 2.05) is 0 Å². The minimum absolute atomic E-state index is 0.188. The molecule has 2 heteroatoms. The van der Waals surface area contributed by atoms with Crippen molar-refractivity contribution in [3.63, 3.8) is 0 Å². The van der Waals surface area contributed by atoms with Gasteiger partial charge in [-0.15, -0.1) is 0 Å². The fraction of sp³-hybridized carbons (Fsp3) is 0.684. The smallest absolute Gasteiger partial charge is 0.0955 e. The lowest BCUT2D eigenvalue weighted by Gasteiger charge is -2.31. The number of benzene rings is 1. The van der Waals surface area contributed by atoms with Gasteiger partial charge in [0, 0.05) is 6.54 Å². The van der Waals surface area contributed by atoms with Crippen LogP contribution in [0.2, 0.25) is 0 Å². The fourth-order valence-corrected chi connectivity index (χ4v) is 3.32. The molecule has 118 valence electrons. The average molecular weight is 289 g/mol. The highest BCUT2D eigenvalue weighted by Gasteiger charge is 2.24. The molecule has 0 saturated heterocycles. The van der Waals surface area contributed by atoms with Crippen LogP contribution < -0.4 is 5.32 Å². The van der Waals surface area contributed by atoms with Crippen molar-refractivity contribution in [1.82, 2.24) is 5.32 Å². The zero-order valence-electron chi connectivity index (χ0n) is 13.9. The Morgan fingerprint density at radius 3 is 2.81 bits per heavy atom. The number of aryl methyl sites for hydroxylation is 1. The molecular weight excluding hydrogens is 258 g/mol. The molecule has 0 aliphatic heterocycles. The Labute approximate surface area is 130 Å². The second-order valence-corrected chi connectivity index (χ2v) is 6.58. The van der Waals surface area contributed by atoms with Crippen molar-refractivity contribution in [3.8, 4) is 0 Å². The highest BCUT2D eigenvalue weighted by molar-refractivity contribution is 5.28. The Kier molecular flexibility index (Phi) is 6.72. The van der Waals surface area contributed by atoms with Crippen molar-refractivity contribution in [2.75, 3.05) is 13.1 Å². The second-order valence-electron chi connectivity index (χ2n) is 6.58. The zero-order chi connectivity index (χ0) is 15.1. The molecule has 0 spiro atoms. The third kappa shape index (κ3) is 5.12. The molecule has 0 amide bonds. The van der Waals surface area contributed by atoms with E-state index in [1.54, 1.807) is 0 Å². The summed E-state index contributed by atoms with van der Waals surface area (Å²) in [7, 11) is 0. The fourth-order valence-electron chi connectivity index (χ4n) is 3.32. The quantitative estimate of drug-likeness (QED) is 0.739. The number of nitrogens with one attached hydrogen (secondary N) is 1. The number of ether oxygens (including phenoxy) is 1. The van der Waals surface area contributed by atoms with Gasteiger partial charge in [-0.05, 0) is 49.8 Å². The molecule has 1 N–H and O–H groups in total. The van der Waals surface area contributed by atoms with Gasteiger partial charge < -0.3 is 10.1 Å². The normalized spacial score (nSPS) is 24.0. The minimum atomic E-state index is 0.188. The van der Waals surface area contributed by atoms with E-state index in [9.17, 15) is 0 Å². The van der Waals surface area contributed by atoms with Gasteiger partial charge in [-0.25, -0.2) is 0 Å². The predicted octanol–water partition coefficient (Wildman–Crippen LogP) is 4.63. The van der Waals surface area contributed by atoms with Crippen LogP contribution in [-0.4, -0.2) is 19.2 Å². The molecule has 1 aliphatic carbocycles. The van der Waals surface area contributed by atoms with Gasteiger partial charge in [0.15, 0.2) is 0 Å². The van der Waals surface area contributed by atoms with Crippen molar-refractivity contribution in [2.24, 2.45) is 5.92 Å². The maximum absolute atomic E-state index is 6.51. The van der Waals surface area contributed by atoms with E-state index in [-0.39, 0.29) is 6.10 Å². The Bertz CT molecular complexity index is 418. The van der Waals surface area contributed by atoms with Crippen LogP contribution in [-0.2, 0) is 4.74 Å². The van der Waals surface area contributed by atoms with E-state index in [0.29, 0.717) is 6.10 Å². The van der Waals surface area contributed by atoms with Gasteiger partial charge >= 0.3 is 0 Å². The van der Waals surface area contributed by atoms with Crippen LogP contribution in [0, 0.1) is 12.8 Å². The van der Waals surface area contributed by atoms with Crippen LogP contribution in [0.3, 0.4) is 0 Å². The van der Waals surface area contributed by atoms with Crippen molar-refractivity contribution in [2.45, 2.75) is 65.1 Å². The molecule has 2 rings (SSSR count). The maximum atomic E-state index is 6.51. The highest BCUT2D eigenvalue weighted by atomic mass is 16.5. The van der Waals surface area contributed by atoms with Gasteiger partial charge in [-0.3, -0.25) is 0 Å². The third-order valence-electron chi connectivity index (χ3n) is 4.54. The van der Waals surface area contributed by atoms with Gasteiger partial charge in [-0.2, -0.15) is 0 Å². The Balaban J connectivity index is 2.03. The van der Waals surface area contributed by atoms with Gasteiger partial charge in [0.1, 0.15) is 0 Å². The molecule has 1 fully saturated rings. The van der Waals surface area contributed by atoms with Crippen molar-refractivity contribution in [3.05, 3.63) is 35.4 Å². The average Bonchev–Trinajstić information content (AvgIpc) is 2.47. The van der Waals surface area contributed by atoms with E-state index in [1.165, 1.54) is 43.2 Å². The number of hydrogen-bond donors (Lipinski definition) is 1. The van der Waals surface area contributed by atoms with Crippen molar-refractivity contribution in [1.29, 1.82) is 0 Å². The first kappa shape index (κ1) is 16.5. The van der Waals surface area contributed by atoms with Crippen LogP contribution >= 0.6 is 0 Å². The summed E-state index contributed by atoms with van der Waals surface area (Å²) in [6.07, 6.45) is 6.91. The molecule has 1 aromatic rings. The SMILES string of the molecule is CCCNCC(OC1CCCC(C)C1)c1ccccc1C. The second kappa shape index (κ2) is 8.55. The van der Waals surface area contributed by atoms with Crippen LogP contribution in [0.4, 0.5) is 0 Å². The molecule has 1 aliphatic rings. The summed E-state index contributed by atoms with van der Waals surface area (Å²) in [5, 5.41) is 3.54. The molecule has 0 radical (unpaired) electrons. The molecule has 2 nitrogen and oxygen atoms in total. The van der Waals surface area contributed by atoms with E-state index in [0.717, 1.165) is 19.0 Å². The largest absolute Gasteiger partial charge is 0.369 e. The van der Waals surface area contributed by atoms with E-state index in [4.69, 9.17) is 4.74 Å². The zero-order valence-corrected chi connectivity index (χ0v) is 13.9. The lowest BCUT2D eigenvalue weighted by atomic mass is 9.88. The van der Waals surface area contributed by atoms with Gasteiger partial charge in [0.05, 0.1) is 12.2 Å². The van der Waals surface area contributed by atoms with Gasteiger partial charge in [0.2, 0.25) is 0 Å². The third-order valence-corrected chi connectivity index (χ3v) is 4.54. The maximum Gasteiger partial charge on any atom is 0.0955 e. The van der Waals surface area contributed by atoms with Crippen LogP contribution in [0.25, 0.3) is 0 Å². The summed E-state index contributed by atoms with van der Waals surface area (Å²) in [4.78, 5) is 0. The first-order valence-corrected chi connectivity index (χ1v) is 8.62. The lowest BCUT2D eigenvalue weighted by Crippen LogP contribution is -2.30. The lowest BCUT2D eigenvalue weighted by molar-refractivity contribution is -0.0396. The van der Waals surface area contributed by atoms with Crippen molar-refractivity contribution < 1.29 is 4.74 Å². The molecule has 3 atom stereocenters. The molecule has 21 heavy (non-hydrogen) atoms. The molecule has 0 heterocycles. The summed E-state index contributed by atoms with van der Waals surface area (Å²) in [6.45, 7) is 8.73. The number of rotatable bonds is 7. The minimum Gasteiger partial charge on any atom is -0.369 e.